The van der Waals surface area contributed by atoms with Crippen LogP contribution in [0.2, 0.25) is 0 Å². The number of hydrogen-bond acceptors (Lipinski definition) is 7. The smallest absolute Gasteiger partial charge is 0.166 e. The van der Waals surface area contributed by atoms with Crippen molar-refractivity contribution in [2.45, 2.75) is 0 Å². The van der Waals surface area contributed by atoms with Crippen molar-refractivity contribution in [2.24, 2.45) is 0 Å². The zero-order valence-corrected chi connectivity index (χ0v) is 71.9. The van der Waals surface area contributed by atoms with Gasteiger partial charge in [0.25, 0.3) is 0 Å². The Kier molecular flexibility index (Phi) is 18.1. The van der Waals surface area contributed by atoms with Crippen molar-refractivity contribution in [3.63, 3.8) is 0 Å². The molecular formula is C123H76N10. The lowest BCUT2D eigenvalue weighted by atomic mass is 9.93. The average molecular weight is 1690 g/mol. The van der Waals surface area contributed by atoms with Crippen molar-refractivity contribution >= 4 is 175 Å². The molecule has 10 heteroatoms. The van der Waals surface area contributed by atoms with Gasteiger partial charge in [0.2, 0.25) is 0 Å². The standard InChI is InChI=1S/C46H29N3.C39H24N4.C38H23N3/c1-3-13-30(14-4-1)34-25-35(31-15-5-2-6-16-31)27-36(26-34)49-44-24-23-33(29-41(44)45-46(49)48-43-22-12-11-21-42(43)47-45)40-28-32-17-7-8-18-37(32)38-19-9-10-20-39(38)40;1-2-11-25(12-3-1)33-19-10-20-37(40-33)43-36-22-21-27(24-32(36)38-39(43)42-35-18-9-8-17-34(35)41-38)31-23-26-13-4-5-14-28(26)29-15-6-7-16-30(29)31;1-2-10-25-21-28(19-17-24(25)9-1)41-36-20-18-27(23-33(36)37-38(41)40-35-16-8-7-15-34(35)39-37)32-22-26-11-3-4-12-29(26)30-13-5-6-14-31(30)32/h1-29H;1-24H;1-23H. The number of para-hydroxylation sites is 6. The molecule has 0 atom stereocenters. The maximum absolute atomic E-state index is 5.29. The molecule has 0 aliphatic carbocycles. The van der Waals surface area contributed by atoms with Crippen molar-refractivity contribution in [1.82, 2.24) is 48.6 Å². The first-order valence-corrected chi connectivity index (χ1v) is 45.1. The first kappa shape index (κ1) is 76.3. The topological polar surface area (TPSA) is 105 Å². The third-order valence-electron chi connectivity index (χ3n) is 26.4. The van der Waals surface area contributed by atoms with Gasteiger partial charge in [0, 0.05) is 33.1 Å². The van der Waals surface area contributed by atoms with Gasteiger partial charge in [-0.1, -0.05) is 328 Å². The van der Waals surface area contributed by atoms with Crippen LogP contribution in [0.25, 0.3) is 259 Å². The SMILES string of the molecule is c1ccc(-c2cc(-c3ccccc3)cc(-n3c4ccc(-c5cc6ccccc6c6ccccc56)cc4c4nc5ccccc5nc43)c2)cc1.c1ccc(-c2cccc(-n3c4ccc(-c5cc6ccccc6c6ccccc56)cc4c4nc5ccccc5nc43)n2)cc1.c1ccc2cc(-n3c4ccc(-c5cc6ccccc6c6ccccc56)cc4c4nc5ccccc5nc43)ccc2c1. The summed E-state index contributed by atoms with van der Waals surface area (Å²) < 4.78 is 6.71. The lowest BCUT2D eigenvalue weighted by Crippen LogP contribution is -2.00. The minimum Gasteiger partial charge on any atom is -0.293 e. The molecule has 0 aliphatic rings. The van der Waals surface area contributed by atoms with Crippen molar-refractivity contribution in [3.8, 4) is 84.1 Å². The molecule has 133 heavy (non-hydrogen) atoms. The van der Waals surface area contributed by atoms with Crippen LogP contribution in [0.1, 0.15) is 0 Å². The Morgan fingerprint density at radius 3 is 0.887 bits per heavy atom. The highest BCUT2D eigenvalue weighted by Gasteiger charge is 2.25. The van der Waals surface area contributed by atoms with Crippen LogP contribution in [0.5, 0.6) is 0 Å². The van der Waals surface area contributed by atoms with Crippen molar-refractivity contribution in [3.05, 3.63) is 461 Å². The lowest BCUT2D eigenvalue weighted by Gasteiger charge is -2.14. The van der Waals surface area contributed by atoms with Gasteiger partial charge in [-0.05, 0) is 265 Å². The summed E-state index contributed by atoms with van der Waals surface area (Å²) in [4.78, 5) is 36.3. The van der Waals surface area contributed by atoms with Gasteiger partial charge in [-0.3, -0.25) is 13.7 Å². The number of pyridine rings is 1. The fraction of sp³-hybridized carbons (Fsp3) is 0. The van der Waals surface area contributed by atoms with Gasteiger partial charge in [0.1, 0.15) is 22.4 Å². The van der Waals surface area contributed by atoms with Gasteiger partial charge >= 0.3 is 0 Å². The molecule has 0 fully saturated rings. The number of nitrogens with zero attached hydrogens (tertiary/aromatic N) is 10. The van der Waals surface area contributed by atoms with E-state index in [1.54, 1.807) is 0 Å². The van der Waals surface area contributed by atoms with Crippen LogP contribution in [0.15, 0.2) is 461 Å². The van der Waals surface area contributed by atoms with Crippen LogP contribution in [0, 0.1) is 0 Å². The average Bonchev–Trinajstić information content (AvgIpc) is 1.58. The Morgan fingerprint density at radius 1 is 0.150 bits per heavy atom. The predicted molar refractivity (Wildman–Crippen MR) is 555 cm³/mol. The quantitative estimate of drug-likeness (QED) is 0.133. The fourth-order valence-electron chi connectivity index (χ4n) is 20.2. The zero-order chi connectivity index (χ0) is 87.6. The normalized spacial score (nSPS) is 11.8. The highest BCUT2D eigenvalue weighted by atomic mass is 15.1. The molecule has 7 heterocycles. The van der Waals surface area contributed by atoms with Crippen LogP contribution in [-0.2, 0) is 0 Å². The van der Waals surface area contributed by atoms with Crippen LogP contribution in [0.3, 0.4) is 0 Å². The third-order valence-corrected chi connectivity index (χ3v) is 26.4. The molecule has 28 rings (SSSR count). The molecule has 0 saturated carbocycles. The van der Waals surface area contributed by atoms with Crippen molar-refractivity contribution < 1.29 is 0 Å². The number of fused-ring (bicyclic) bond motifs is 22. The van der Waals surface area contributed by atoms with Crippen LogP contribution in [-0.4, -0.2) is 48.6 Å². The van der Waals surface area contributed by atoms with Gasteiger partial charge in [0.15, 0.2) is 16.9 Å². The van der Waals surface area contributed by atoms with Gasteiger partial charge in [0.05, 0.1) is 55.3 Å². The molecule has 0 spiro atoms. The van der Waals surface area contributed by atoms with E-state index in [4.69, 9.17) is 34.9 Å². The van der Waals surface area contributed by atoms with Crippen LogP contribution in [0.4, 0.5) is 0 Å². The molecule has 0 saturated heterocycles. The second kappa shape index (κ2) is 31.5. The summed E-state index contributed by atoms with van der Waals surface area (Å²) in [7, 11) is 0. The molecule has 0 unspecified atom stereocenters. The molecule has 0 bridgehead atoms. The zero-order valence-electron chi connectivity index (χ0n) is 71.9. The summed E-state index contributed by atoms with van der Waals surface area (Å²) >= 11 is 0. The molecule has 0 N–H and O–H groups in total. The summed E-state index contributed by atoms with van der Waals surface area (Å²) in [5.41, 5.74) is 29.6. The number of benzene rings is 21. The van der Waals surface area contributed by atoms with E-state index in [2.05, 4.69) is 384 Å². The second-order valence-electron chi connectivity index (χ2n) is 34.2. The van der Waals surface area contributed by atoms with Crippen LogP contribution >= 0.6 is 0 Å². The first-order valence-electron chi connectivity index (χ1n) is 45.1. The summed E-state index contributed by atoms with van der Waals surface area (Å²) in [6.45, 7) is 0. The Hall–Kier alpha value is -18.0. The summed E-state index contributed by atoms with van der Waals surface area (Å²) in [5, 5.41) is 20.7. The molecule has 7 aromatic heterocycles. The van der Waals surface area contributed by atoms with E-state index in [9.17, 15) is 0 Å². The van der Waals surface area contributed by atoms with Gasteiger partial charge in [-0.25, -0.2) is 34.9 Å². The van der Waals surface area contributed by atoms with Crippen LogP contribution < -0.4 is 0 Å². The molecule has 21 aromatic carbocycles. The minimum atomic E-state index is 0.798. The largest absolute Gasteiger partial charge is 0.293 e. The molecule has 10 nitrogen and oxygen atoms in total. The van der Waals surface area contributed by atoms with Gasteiger partial charge < -0.3 is 0 Å². The van der Waals surface area contributed by atoms with E-state index in [1.165, 1.54) is 109 Å². The Bertz CT molecular complexity index is 9560. The Morgan fingerprint density at radius 2 is 0.474 bits per heavy atom. The van der Waals surface area contributed by atoms with E-state index in [0.29, 0.717) is 0 Å². The van der Waals surface area contributed by atoms with E-state index in [0.717, 1.165) is 150 Å². The highest BCUT2D eigenvalue weighted by molar-refractivity contribution is 6.20. The van der Waals surface area contributed by atoms with E-state index < -0.39 is 0 Å². The molecular weight excluding hydrogens is 1620 g/mol. The summed E-state index contributed by atoms with van der Waals surface area (Å²) in [5.74, 6) is 0.815. The van der Waals surface area contributed by atoms with E-state index >= 15 is 0 Å². The molecule has 28 aromatic rings. The fourth-order valence-corrected chi connectivity index (χ4v) is 20.2. The highest BCUT2D eigenvalue weighted by Crippen LogP contribution is 2.46. The molecule has 0 amide bonds. The Labute approximate surface area is 763 Å². The van der Waals surface area contributed by atoms with E-state index in [1.807, 2.05) is 91.0 Å². The second-order valence-corrected chi connectivity index (χ2v) is 34.2. The third kappa shape index (κ3) is 13.1. The van der Waals surface area contributed by atoms with Gasteiger partial charge in [-0.15, -0.1) is 0 Å². The molecule has 0 radical (unpaired) electrons. The monoisotopic (exact) mass is 1690 g/mol. The number of rotatable bonds is 9. The first-order chi connectivity index (χ1) is 65.9. The summed E-state index contributed by atoms with van der Waals surface area (Å²) in [6, 6.07) is 163. The van der Waals surface area contributed by atoms with Crippen molar-refractivity contribution in [1.29, 1.82) is 0 Å². The Balaban J connectivity index is 0.000000105. The number of aromatic nitrogens is 10. The van der Waals surface area contributed by atoms with E-state index in [-0.39, 0.29) is 0 Å². The maximum atomic E-state index is 5.29. The number of hydrogen-bond donors (Lipinski definition) is 0. The maximum Gasteiger partial charge on any atom is 0.166 e. The van der Waals surface area contributed by atoms with Crippen molar-refractivity contribution in [2.75, 3.05) is 0 Å². The molecule has 0 aliphatic heterocycles. The van der Waals surface area contributed by atoms with Gasteiger partial charge in [-0.2, -0.15) is 0 Å². The lowest BCUT2D eigenvalue weighted by molar-refractivity contribution is 1.06. The minimum absolute atomic E-state index is 0.798. The predicted octanol–water partition coefficient (Wildman–Crippen LogP) is 31.7. The molecule has 618 valence electrons. The summed E-state index contributed by atoms with van der Waals surface area (Å²) in [6.07, 6.45) is 0.